The number of hydrogen-bond acceptors (Lipinski definition) is 10. The quantitative estimate of drug-likeness (QED) is 0.163. The Morgan fingerprint density at radius 2 is 2.05 bits per heavy atom. The van der Waals surface area contributed by atoms with Gasteiger partial charge in [-0.1, -0.05) is 24.8 Å². The van der Waals surface area contributed by atoms with Crippen LogP contribution in [-0.4, -0.2) is 84.8 Å². The third-order valence-corrected chi connectivity index (χ3v) is 8.32. The molecule has 1 aliphatic heterocycles. The van der Waals surface area contributed by atoms with Crippen LogP contribution in [0.2, 0.25) is 25.7 Å². The van der Waals surface area contributed by atoms with Gasteiger partial charge in [0.25, 0.3) is 11.5 Å². The van der Waals surface area contributed by atoms with Crippen LogP contribution in [0.15, 0.2) is 34.5 Å². The van der Waals surface area contributed by atoms with E-state index in [1.165, 1.54) is 19.3 Å². The number of amides is 1. The summed E-state index contributed by atoms with van der Waals surface area (Å²) < 4.78 is 47.5. The van der Waals surface area contributed by atoms with Gasteiger partial charge in [0.1, 0.15) is 24.2 Å². The number of hydrogen-bond donors (Lipinski definition) is 1. The Balaban J connectivity index is 1.52. The summed E-state index contributed by atoms with van der Waals surface area (Å²) in [4.78, 5) is 38.4. The molecule has 0 spiro atoms. The number of aromatic nitrogens is 3. The Morgan fingerprint density at radius 1 is 1.30 bits per heavy atom. The summed E-state index contributed by atoms with van der Waals surface area (Å²) in [6.07, 6.45) is -1.32. The Labute approximate surface area is 249 Å². The molecule has 16 heteroatoms. The molecule has 2 aromatic heterocycles. The van der Waals surface area contributed by atoms with Gasteiger partial charge in [0, 0.05) is 46.6 Å². The number of anilines is 2. The van der Waals surface area contributed by atoms with Gasteiger partial charge in [0.05, 0.1) is 29.7 Å². The minimum absolute atomic E-state index is 0.145. The lowest BCUT2D eigenvalue weighted by Gasteiger charge is -2.40. The number of pyridine rings is 1. The number of halogens is 3. The first-order valence-electron chi connectivity index (χ1n) is 13.8. The summed E-state index contributed by atoms with van der Waals surface area (Å²) in [5, 5.41) is 19.1. The van der Waals surface area contributed by atoms with Crippen LogP contribution in [0.3, 0.4) is 0 Å². The smallest absolute Gasteiger partial charge is 0.386 e. The Bertz CT molecular complexity index is 1370. The molecule has 2 aromatic rings. The molecule has 0 unspecified atom stereocenters. The lowest BCUT2D eigenvalue weighted by atomic mass is 10.2. The molecule has 0 aliphatic carbocycles. The van der Waals surface area contributed by atoms with Crippen molar-refractivity contribution >= 4 is 31.7 Å². The van der Waals surface area contributed by atoms with Gasteiger partial charge in [0.2, 0.25) is 0 Å². The van der Waals surface area contributed by atoms with Crippen LogP contribution in [0.25, 0.3) is 0 Å². The fourth-order valence-electron chi connectivity index (χ4n) is 4.26. The first-order chi connectivity index (χ1) is 20.2. The maximum Gasteiger partial charge on any atom is 0.423 e. The van der Waals surface area contributed by atoms with Crippen LogP contribution < -0.4 is 15.8 Å². The molecule has 2 atom stereocenters. The van der Waals surface area contributed by atoms with E-state index < -0.39 is 37.1 Å². The zero-order chi connectivity index (χ0) is 31.8. The first kappa shape index (κ1) is 33.5. The van der Waals surface area contributed by atoms with E-state index in [0.29, 0.717) is 42.3 Å². The van der Waals surface area contributed by atoms with Gasteiger partial charge in [-0.2, -0.15) is 23.5 Å². The number of nitriles is 1. The van der Waals surface area contributed by atoms with E-state index in [0.717, 1.165) is 12.2 Å². The monoisotopic (exact) mass is 622 g/mol. The molecule has 12 nitrogen and oxygen atoms in total. The van der Waals surface area contributed by atoms with Crippen molar-refractivity contribution in [2.45, 2.75) is 64.5 Å². The zero-order valence-corrected chi connectivity index (χ0v) is 25.9. The van der Waals surface area contributed by atoms with Gasteiger partial charge in [-0.3, -0.25) is 9.59 Å². The number of rotatable bonds is 12. The standard InChI is InChI=1S/C27H37F3N8O4Si/c1-19(35-22-15-33-38(18-41-10-11-43(3,4)5)26(40)25(22)27(28,29)30)13-34-42-17-24(39)37-9-8-36(16-20(37)2)23-7-6-21(12-31)14-32-23/h6-7,13-15,19-20,35H,8-11,16-18H2,1-5H3/b34-13+/t19-,20+/m0/s1. The van der Waals surface area contributed by atoms with Gasteiger partial charge >= 0.3 is 6.18 Å². The molecule has 1 saturated heterocycles. The zero-order valence-electron chi connectivity index (χ0n) is 24.9. The first-order valence-corrected chi connectivity index (χ1v) is 17.5. The predicted octanol–water partition coefficient (Wildman–Crippen LogP) is 3.38. The summed E-state index contributed by atoms with van der Waals surface area (Å²) in [5.74, 6) is 0.421. The largest absolute Gasteiger partial charge is 0.423 e. The molecule has 1 fully saturated rings. The molecule has 1 amide bonds. The molecule has 0 radical (unpaired) electrons. The summed E-state index contributed by atoms with van der Waals surface area (Å²) in [5.41, 5.74) is -2.75. The molecular weight excluding hydrogens is 585 g/mol. The van der Waals surface area contributed by atoms with Crippen molar-refractivity contribution in [3.63, 3.8) is 0 Å². The maximum atomic E-state index is 13.8. The van der Waals surface area contributed by atoms with Crippen molar-refractivity contribution in [3.8, 4) is 6.07 Å². The second kappa shape index (κ2) is 14.5. The van der Waals surface area contributed by atoms with Crippen LogP contribution in [0.1, 0.15) is 25.0 Å². The van der Waals surface area contributed by atoms with Crippen LogP contribution in [0, 0.1) is 11.3 Å². The molecule has 1 N–H and O–H groups in total. The molecule has 3 rings (SSSR count). The van der Waals surface area contributed by atoms with Crippen molar-refractivity contribution in [3.05, 3.63) is 46.0 Å². The van der Waals surface area contributed by atoms with E-state index in [9.17, 15) is 22.8 Å². The Hall–Kier alpha value is -3.97. The molecule has 0 aromatic carbocycles. The fourth-order valence-corrected chi connectivity index (χ4v) is 5.02. The van der Waals surface area contributed by atoms with Crippen LogP contribution in [0.4, 0.5) is 24.7 Å². The molecule has 43 heavy (non-hydrogen) atoms. The second-order valence-corrected chi connectivity index (χ2v) is 17.1. The number of piperazine rings is 1. The number of nitrogens with one attached hydrogen (secondary N) is 1. The number of ether oxygens (including phenoxy) is 1. The van der Waals surface area contributed by atoms with Gasteiger partial charge < -0.3 is 24.7 Å². The SMILES string of the molecule is C[C@@H]1CN(c2ccc(C#N)cn2)CCN1C(=O)CO/N=C/[C@H](C)Nc1cnn(COCC[Si](C)(C)C)c(=O)c1C(F)(F)F. The van der Waals surface area contributed by atoms with E-state index in [4.69, 9.17) is 14.8 Å². The van der Waals surface area contributed by atoms with Crippen molar-refractivity contribution in [1.82, 2.24) is 19.7 Å². The maximum absolute atomic E-state index is 13.8. The van der Waals surface area contributed by atoms with Gasteiger partial charge in [-0.05, 0) is 32.0 Å². The minimum atomic E-state index is -4.93. The lowest BCUT2D eigenvalue weighted by molar-refractivity contribution is -0.139. The van der Waals surface area contributed by atoms with Crippen LogP contribution >= 0.6 is 0 Å². The normalized spacial score (nSPS) is 16.7. The highest BCUT2D eigenvalue weighted by atomic mass is 28.3. The summed E-state index contributed by atoms with van der Waals surface area (Å²) in [6.45, 7) is 10.9. The highest BCUT2D eigenvalue weighted by Gasteiger charge is 2.38. The van der Waals surface area contributed by atoms with Crippen molar-refractivity contribution in [2.24, 2.45) is 5.16 Å². The number of nitrogens with zero attached hydrogens (tertiary/aromatic N) is 7. The average Bonchev–Trinajstić information content (AvgIpc) is 2.93. The summed E-state index contributed by atoms with van der Waals surface area (Å²) in [6, 6.07) is 5.34. The van der Waals surface area contributed by atoms with Gasteiger partial charge in [-0.25, -0.2) is 9.67 Å². The lowest BCUT2D eigenvalue weighted by Crippen LogP contribution is -2.55. The Morgan fingerprint density at radius 3 is 2.65 bits per heavy atom. The molecule has 3 heterocycles. The minimum Gasteiger partial charge on any atom is -0.386 e. The summed E-state index contributed by atoms with van der Waals surface area (Å²) in [7, 11) is -1.40. The van der Waals surface area contributed by atoms with Crippen molar-refractivity contribution in [2.75, 3.05) is 43.1 Å². The highest BCUT2D eigenvalue weighted by Crippen LogP contribution is 2.32. The predicted molar refractivity (Wildman–Crippen MR) is 157 cm³/mol. The topological polar surface area (TPSA) is 138 Å². The van der Waals surface area contributed by atoms with E-state index in [1.54, 1.807) is 17.0 Å². The summed E-state index contributed by atoms with van der Waals surface area (Å²) >= 11 is 0. The molecule has 0 bridgehead atoms. The molecule has 1 aliphatic rings. The molecule has 234 valence electrons. The number of carbonyl (C=O) groups is 1. The number of carbonyl (C=O) groups excluding carboxylic acids is 1. The van der Waals surface area contributed by atoms with E-state index in [1.807, 2.05) is 17.9 Å². The molecule has 0 saturated carbocycles. The van der Waals surface area contributed by atoms with Crippen LogP contribution in [-0.2, 0) is 27.3 Å². The van der Waals surface area contributed by atoms with Crippen LogP contribution in [0.5, 0.6) is 0 Å². The van der Waals surface area contributed by atoms with Gasteiger partial charge in [-0.15, -0.1) is 0 Å². The van der Waals surface area contributed by atoms with E-state index in [-0.39, 0.29) is 25.3 Å². The number of oxime groups is 1. The van der Waals surface area contributed by atoms with Crippen molar-refractivity contribution in [1.29, 1.82) is 5.26 Å². The number of alkyl halides is 3. The van der Waals surface area contributed by atoms with E-state index >= 15 is 0 Å². The fraction of sp³-hybridized carbons (Fsp3) is 0.556. The molecular formula is C27H37F3N8O4Si. The van der Waals surface area contributed by atoms with Gasteiger partial charge in [0.15, 0.2) is 6.61 Å². The van der Waals surface area contributed by atoms with E-state index in [2.05, 4.69) is 40.2 Å². The van der Waals surface area contributed by atoms with Crippen molar-refractivity contribution < 1.29 is 27.5 Å². The second-order valence-electron chi connectivity index (χ2n) is 11.4. The third-order valence-electron chi connectivity index (χ3n) is 6.62. The highest BCUT2D eigenvalue weighted by molar-refractivity contribution is 6.76. The third kappa shape index (κ3) is 9.78. The average molecular weight is 623 g/mol. The Kier molecular flexibility index (Phi) is 11.3.